The zero-order valence-corrected chi connectivity index (χ0v) is 3.81. The van der Waals surface area contributed by atoms with E-state index in [0.717, 1.165) is 0 Å². The average molecular weight is 105 g/mol. The van der Waals surface area contributed by atoms with Crippen molar-refractivity contribution in [3.05, 3.63) is 6.57 Å². The maximum absolute atomic E-state index is 8.00. The van der Waals surface area contributed by atoms with Gasteiger partial charge in [0.1, 0.15) is 0 Å². The molecule has 5 heavy (non-hydrogen) atoms. The Morgan fingerprint density at radius 2 is 1.40 bits per heavy atom. The number of nitrogens with zero attached hydrogens (tertiary/aromatic N) is 1. The fourth-order valence-corrected chi connectivity index (χ4v) is 0. The summed E-state index contributed by atoms with van der Waals surface area (Å²) in [7, 11) is 0. The van der Waals surface area contributed by atoms with Crippen LogP contribution in [0.3, 0.4) is 0 Å². The molecule has 0 aromatic carbocycles. The summed E-state index contributed by atoms with van der Waals surface area (Å²) in [6, 6.07) is 0. The van der Waals surface area contributed by atoms with Gasteiger partial charge in [-0.2, -0.15) is 0 Å². The normalized spacial score (nSPS) is 1.40. The van der Waals surface area contributed by atoms with Crippen molar-refractivity contribution in [2.24, 2.45) is 0 Å². The molecule has 0 aromatic heterocycles. The van der Waals surface area contributed by atoms with Crippen molar-refractivity contribution >= 4 is 0 Å². The van der Waals surface area contributed by atoms with Gasteiger partial charge in [0.25, 0.3) is 0 Å². The molecular formula is CFeLiNO. The molecule has 0 amide bonds. The molecule has 0 saturated heterocycles. The fraction of sp³-hybridized carbons (Fsp3) is 0. The van der Waals surface area contributed by atoms with Crippen LogP contribution in [0.1, 0.15) is 0 Å². The number of rotatable bonds is 0. The van der Waals surface area contributed by atoms with Gasteiger partial charge in [-0.25, -0.2) is 0 Å². The van der Waals surface area contributed by atoms with Crippen LogP contribution >= 0.6 is 0 Å². The van der Waals surface area contributed by atoms with E-state index in [9.17, 15) is 0 Å². The molecule has 0 fully saturated rings. The van der Waals surface area contributed by atoms with Gasteiger partial charge >= 0.3 is 38.6 Å². The van der Waals surface area contributed by atoms with Crippen molar-refractivity contribution in [1.82, 2.24) is 0 Å². The van der Waals surface area contributed by atoms with Crippen molar-refractivity contribution in [2.75, 3.05) is 0 Å². The molecule has 0 aliphatic heterocycles. The molecule has 4 heteroatoms. The molecule has 0 radical (unpaired) electrons. The summed E-state index contributed by atoms with van der Waals surface area (Å²) in [5.74, 6) is 0. The summed E-state index contributed by atoms with van der Waals surface area (Å²) in [4.78, 5) is 0. The molecule has 24 valence electrons. The van der Waals surface area contributed by atoms with Crippen molar-refractivity contribution in [1.29, 1.82) is 5.26 Å². The van der Waals surface area contributed by atoms with Crippen molar-refractivity contribution in [2.45, 2.75) is 0 Å². The van der Waals surface area contributed by atoms with E-state index < -0.39 is 0 Å². The van der Waals surface area contributed by atoms with Gasteiger partial charge < -0.3 is 11.8 Å². The van der Waals surface area contributed by atoms with E-state index in [-0.39, 0.29) is 18.9 Å². The van der Waals surface area contributed by atoms with Gasteiger partial charge in [0.15, 0.2) is 0 Å². The molecule has 0 aliphatic carbocycles. The fourth-order valence-electron chi connectivity index (χ4n) is 0. The van der Waals surface area contributed by atoms with Crippen LogP contribution in [0.25, 0.3) is 0 Å². The average Bonchev–Trinajstić information content (AvgIpc) is 1.50. The van der Waals surface area contributed by atoms with Gasteiger partial charge in [0.05, 0.1) is 0 Å². The van der Waals surface area contributed by atoms with Gasteiger partial charge in [-0.1, -0.05) is 0 Å². The van der Waals surface area contributed by atoms with E-state index in [1.165, 1.54) is 0 Å². The molecule has 0 aliphatic rings. The van der Waals surface area contributed by atoms with Gasteiger partial charge in [0, 0.05) is 0 Å². The number of hydrogen-bond acceptors (Lipinski definition) is 2. The van der Waals surface area contributed by atoms with Crippen LogP contribution in [0.4, 0.5) is 0 Å². The Balaban J connectivity index is -0.0000000133. The van der Waals surface area contributed by atoms with Gasteiger partial charge in [-0.3, -0.25) is 0 Å². The summed E-state index contributed by atoms with van der Waals surface area (Å²) in [5.41, 5.74) is 0. The molecular weight excluding hydrogens is 105 g/mol. The second kappa shape index (κ2) is 309. The minimum atomic E-state index is 0. The Labute approximate surface area is 50.7 Å². The minimum absolute atomic E-state index is 0. The first-order valence-corrected chi connectivity index (χ1v) is 0.819. The first-order chi connectivity index (χ1) is 2.00. The third-order valence-electron chi connectivity index (χ3n) is 0. The molecule has 0 atom stereocenters. The summed E-state index contributed by atoms with van der Waals surface area (Å²) < 4.78 is 8.00. The van der Waals surface area contributed by atoms with E-state index in [1.54, 1.807) is 0 Å². The number of hydrogen-bond donors (Lipinski definition) is 0. The first-order valence-electron chi connectivity index (χ1n) is 0.368. The molecule has 0 heterocycles. The Bertz CT molecular complexity index is 22.9. The van der Waals surface area contributed by atoms with Crippen molar-refractivity contribution < 1.29 is 38.6 Å². The molecule has 0 spiro atoms. The zero-order valence-electron chi connectivity index (χ0n) is 2.71. The van der Waals surface area contributed by atoms with Crippen LogP contribution in [0.15, 0.2) is 0 Å². The second-order valence-electron chi connectivity index (χ2n) is 0. The van der Waals surface area contributed by atoms with Crippen LogP contribution in [0, 0.1) is 11.8 Å². The van der Waals surface area contributed by atoms with Gasteiger partial charge in [-0.15, -0.1) is 0 Å². The quantitative estimate of drug-likeness (QED) is 0.243. The molecule has 0 aromatic rings. The van der Waals surface area contributed by atoms with Crippen LogP contribution in [0.5, 0.6) is 0 Å². The Morgan fingerprint density at radius 3 is 1.40 bits per heavy atom. The first kappa shape index (κ1) is 18.1. The van der Waals surface area contributed by atoms with Crippen molar-refractivity contribution in [3.63, 3.8) is 0 Å². The molecule has 0 rings (SSSR count). The topological polar surface area (TPSA) is 40.9 Å². The monoisotopic (exact) mass is 105 g/mol. The molecule has 2 nitrogen and oxygen atoms in total. The standard InChI is InChI=1S/CN.Fe.Li.O/c1-2;;;/q-1;;+1;. The van der Waals surface area contributed by atoms with E-state index in [1.807, 2.05) is 15.9 Å². The van der Waals surface area contributed by atoms with Crippen LogP contribution < -0.4 is 18.9 Å². The Hall–Kier alpha value is 0.407. The zero-order chi connectivity index (χ0) is 4.00. The Morgan fingerprint density at radius 1 is 1.40 bits per heavy atom. The summed E-state index contributed by atoms with van der Waals surface area (Å²) in [6.07, 6.45) is 0. The second-order valence-corrected chi connectivity index (χ2v) is 0. The predicted octanol–water partition coefficient (Wildman–Crippen LogP) is -3.02. The molecule has 0 unspecified atom stereocenters. The van der Waals surface area contributed by atoms with Crippen LogP contribution in [-0.4, -0.2) is 0 Å². The van der Waals surface area contributed by atoms with Gasteiger partial charge in [0.2, 0.25) is 0 Å². The molecule has 0 saturated carbocycles. The van der Waals surface area contributed by atoms with Crippen molar-refractivity contribution in [3.8, 4) is 0 Å². The maximum atomic E-state index is 8.00. The molecule has 0 bridgehead atoms. The van der Waals surface area contributed by atoms with Crippen LogP contribution in [0.2, 0.25) is 0 Å². The SMILES string of the molecule is [C-]#N.[Li+].[O]=[Fe]. The third kappa shape index (κ3) is 154. The van der Waals surface area contributed by atoms with Crippen LogP contribution in [-0.2, 0) is 19.8 Å². The summed E-state index contributed by atoms with van der Waals surface area (Å²) in [5, 5.41) is 6.25. The summed E-state index contributed by atoms with van der Waals surface area (Å²) >= 11 is 2.00. The van der Waals surface area contributed by atoms with Gasteiger partial charge in [-0.05, 0) is 0 Å². The third-order valence-corrected chi connectivity index (χ3v) is 0. The molecule has 0 N–H and O–H groups in total. The van der Waals surface area contributed by atoms with E-state index >= 15 is 0 Å². The van der Waals surface area contributed by atoms with E-state index in [4.69, 9.17) is 15.7 Å². The van der Waals surface area contributed by atoms with E-state index in [2.05, 4.69) is 0 Å². The summed E-state index contributed by atoms with van der Waals surface area (Å²) in [6.45, 7) is 4.75. The van der Waals surface area contributed by atoms with E-state index in [0.29, 0.717) is 0 Å². The Kier molecular flexibility index (Phi) is 1120. The predicted molar refractivity (Wildman–Crippen MR) is 5.65 cm³/mol.